The van der Waals surface area contributed by atoms with Crippen molar-refractivity contribution >= 4 is 29.1 Å². The Morgan fingerprint density at radius 2 is 1.72 bits per heavy atom. The van der Waals surface area contributed by atoms with Gasteiger partial charge in [0.15, 0.2) is 0 Å². The van der Waals surface area contributed by atoms with E-state index in [0.717, 1.165) is 48.7 Å². The van der Waals surface area contributed by atoms with Crippen LogP contribution in [0.5, 0.6) is 5.75 Å². The molecule has 9 heteroatoms. The summed E-state index contributed by atoms with van der Waals surface area (Å²) in [5.74, 6) is 0.137. The first kappa shape index (κ1) is 25.5. The monoisotopic (exact) mass is 493 g/mol. The molecule has 4 rings (SSSR count). The van der Waals surface area contributed by atoms with Crippen molar-refractivity contribution in [3.05, 3.63) is 53.6 Å². The van der Waals surface area contributed by atoms with E-state index in [0.29, 0.717) is 18.8 Å². The zero-order chi connectivity index (χ0) is 25.7. The Labute approximate surface area is 212 Å². The molecule has 9 nitrogen and oxygen atoms in total. The number of benzene rings is 2. The van der Waals surface area contributed by atoms with Crippen molar-refractivity contribution in [2.45, 2.75) is 26.3 Å². The molecule has 2 aliphatic rings. The summed E-state index contributed by atoms with van der Waals surface area (Å²) >= 11 is 0. The largest absolute Gasteiger partial charge is 0.497 e. The van der Waals surface area contributed by atoms with E-state index < -0.39 is 6.04 Å². The lowest BCUT2D eigenvalue weighted by Crippen LogP contribution is -2.60. The molecule has 2 aromatic carbocycles. The van der Waals surface area contributed by atoms with E-state index in [9.17, 15) is 14.4 Å². The maximum Gasteiger partial charge on any atom is 0.243 e. The summed E-state index contributed by atoms with van der Waals surface area (Å²) in [7, 11) is 1.65. The number of piperazine rings is 2. The number of nitrogens with one attached hydrogen (secondary N) is 2. The van der Waals surface area contributed by atoms with Crippen LogP contribution in [0.4, 0.5) is 11.4 Å². The SMILES string of the molecule is COc1ccc(N2CCN(CC(=O)N3CCNC(=O)[C@@H]3CC(=O)Nc3ccc(C)c(C)c3)CC2)cc1. The van der Waals surface area contributed by atoms with Gasteiger partial charge in [0.05, 0.1) is 20.1 Å². The highest BCUT2D eigenvalue weighted by Gasteiger charge is 2.35. The van der Waals surface area contributed by atoms with Gasteiger partial charge in [-0.05, 0) is 61.4 Å². The predicted molar refractivity (Wildman–Crippen MR) is 139 cm³/mol. The highest BCUT2D eigenvalue weighted by Crippen LogP contribution is 2.21. The molecule has 192 valence electrons. The van der Waals surface area contributed by atoms with Crippen LogP contribution in [0.3, 0.4) is 0 Å². The van der Waals surface area contributed by atoms with Crippen LogP contribution in [0.25, 0.3) is 0 Å². The quantitative estimate of drug-likeness (QED) is 0.611. The van der Waals surface area contributed by atoms with Crippen LogP contribution in [-0.4, -0.2) is 86.5 Å². The van der Waals surface area contributed by atoms with Crippen LogP contribution in [0.1, 0.15) is 17.5 Å². The molecular formula is C27H35N5O4. The number of amides is 3. The van der Waals surface area contributed by atoms with Crippen molar-refractivity contribution in [1.29, 1.82) is 0 Å². The highest BCUT2D eigenvalue weighted by molar-refractivity contribution is 5.97. The Morgan fingerprint density at radius 1 is 1.00 bits per heavy atom. The lowest BCUT2D eigenvalue weighted by Gasteiger charge is -2.39. The van der Waals surface area contributed by atoms with Crippen molar-refractivity contribution < 1.29 is 19.1 Å². The van der Waals surface area contributed by atoms with Gasteiger partial charge in [-0.2, -0.15) is 0 Å². The van der Waals surface area contributed by atoms with Crippen molar-refractivity contribution in [2.75, 3.05) is 63.1 Å². The first-order chi connectivity index (χ1) is 17.3. The molecule has 0 aromatic heterocycles. The second-order valence-corrected chi connectivity index (χ2v) is 9.41. The minimum absolute atomic E-state index is 0.0737. The van der Waals surface area contributed by atoms with Gasteiger partial charge in [-0.1, -0.05) is 6.07 Å². The van der Waals surface area contributed by atoms with Crippen molar-refractivity contribution in [3.8, 4) is 5.75 Å². The molecule has 0 bridgehead atoms. The van der Waals surface area contributed by atoms with Crippen LogP contribution in [0.2, 0.25) is 0 Å². The summed E-state index contributed by atoms with van der Waals surface area (Å²) in [6.07, 6.45) is -0.0737. The number of methoxy groups -OCH3 is 1. The zero-order valence-corrected chi connectivity index (χ0v) is 21.3. The summed E-state index contributed by atoms with van der Waals surface area (Å²) in [5.41, 5.74) is 4.03. The van der Waals surface area contributed by atoms with E-state index in [-0.39, 0.29) is 30.7 Å². The summed E-state index contributed by atoms with van der Waals surface area (Å²) in [4.78, 5) is 44.5. The molecule has 2 aromatic rings. The number of hydrogen-bond donors (Lipinski definition) is 2. The number of carbonyl (C=O) groups excluding carboxylic acids is 3. The third-order valence-corrected chi connectivity index (χ3v) is 6.99. The first-order valence-electron chi connectivity index (χ1n) is 12.4. The van der Waals surface area contributed by atoms with E-state index in [2.05, 4.69) is 20.4 Å². The van der Waals surface area contributed by atoms with E-state index in [1.807, 2.05) is 56.3 Å². The maximum atomic E-state index is 13.2. The second kappa shape index (κ2) is 11.4. The highest BCUT2D eigenvalue weighted by atomic mass is 16.5. The Kier molecular flexibility index (Phi) is 8.10. The van der Waals surface area contributed by atoms with Gasteiger partial charge in [0.2, 0.25) is 17.7 Å². The second-order valence-electron chi connectivity index (χ2n) is 9.41. The average Bonchev–Trinajstić information content (AvgIpc) is 2.88. The molecule has 0 unspecified atom stereocenters. The van der Waals surface area contributed by atoms with E-state index in [4.69, 9.17) is 4.74 Å². The number of nitrogens with zero attached hydrogens (tertiary/aromatic N) is 3. The number of anilines is 2. The summed E-state index contributed by atoms with van der Waals surface area (Å²) in [6.45, 7) is 8.13. The average molecular weight is 494 g/mol. The Hall–Kier alpha value is -3.59. The molecule has 0 aliphatic carbocycles. The first-order valence-corrected chi connectivity index (χ1v) is 12.4. The van der Waals surface area contributed by atoms with Gasteiger partial charge in [0.1, 0.15) is 11.8 Å². The van der Waals surface area contributed by atoms with Crippen molar-refractivity contribution in [1.82, 2.24) is 15.1 Å². The minimum atomic E-state index is -0.807. The number of aryl methyl sites for hydroxylation is 2. The number of carbonyl (C=O) groups is 3. The van der Waals surface area contributed by atoms with Crippen LogP contribution in [0.15, 0.2) is 42.5 Å². The molecule has 2 heterocycles. The van der Waals surface area contributed by atoms with Gasteiger partial charge in [0.25, 0.3) is 0 Å². The summed E-state index contributed by atoms with van der Waals surface area (Å²) in [5, 5.41) is 5.66. The lowest BCUT2D eigenvalue weighted by molar-refractivity contribution is -0.145. The fourth-order valence-corrected chi connectivity index (χ4v) is 4.66. The van der Waals surface area contributed by atoms with E-state index >= 15 is 0 Å². The van der Waals surface area contributed by atoms with Gasteiger partial charge in [-0.25, -0.2) is 0 Å². The van der Waals surface area contributed by atoms with Crippen LogP contribution in [0, 0.1) is 13.8 Å². The van der Waals surface area contributed by atoms with Gasteiger partial charge in [-0.15, -0.1) is 0 Å². The zero-order valence-electron chi connectivity index (χ0n) is 21.3. The maximum absolute atomic E-state index is 13.2. The van der Waals surface area contributed by atoms with Gasteiger partial charge >= 0.3 is 0 Å². The van der Waals surface area contributed by atoms with Crippen LogP contribution >= 0.6 is 0 Å². The molecule has 2 fully saturated rings. The molecule has 0 saturated carbocycles. The number of ether oxygens (including phenoxy) is 1. The fourth-order valence-electron chi connectivity index (χ4n) is 4.66. The van der Waals surface area contributed by atoms with Gasteiger partial charge < -0.3 is 25.2 Å². The number of hydrogen-bond acceptors (Lipinski definition) is 6. The molecule has 1 atom stereocenters. The minimum Gasteiger partial charge on any atom is -0.497 e. The third kappa shape index (κ3) is 6.15. The molecular weight excluding hydrogens is 458 g/mol. The third-order valence-electron chi connectivity index (χ3n) is 6.99. The molecule has 2 N–H and O–H groups in total. The smallest absolute Gasteiger partial charge is 0.243 e. The molecule has 3 amide bonds. The summed E-state index contributed by atoms with van der Waals surface area (Å²) < 4.78 is 5.23. The molecule has 0 spiro atoms. The Bertz CT molecular complexity index is 1100. The predicted octanol–water partition coefficient (Wildman–Crippen LogP) is 1.79. The fraction of sp³-hybridized carbons (Fsp3) is 0.444. The number of rotatable bonds is 7. The molecule has 0 radical (unpaired) electrons. The van der Waals surface area contributed by atoms with Gasteiger partial charge in [-0.3, -0.25) is 19.3 Å². The summed E-state index contributed by atoms with van der Waals surface area (Å²) in [6, 6.07) is 12.9. The Morgan fingerprint density at radius 3 is 2.39 bits per heavy atom. The normalized spacial score (nSPS) is 18.5. The Balaban J connectivity index is 1.31. The lowest BCUT2D eigenvalue weighted by atomic mass is 10.1. The van der Waals surface area contributed by atoms with E-state index in [1.54, 1.807) is 12.0 Å². The standard InChI is InChI=1S/C27H35N5O4/c1-19-4-5-21(16-20(19)2)29-25(33)17-24-27(35)28-10-11-32(24)26(34)18-30-12-14-31(15-13-30)22-6-8-23(36-3)9-7-22/h4-9,16,24H,10-15,17-18H2,1-3H3,(H,28,35)(H,29,33)/t24-/m0/s1. The molecule has 2 aliphatic heterocycles. The van der Waals surface area contributed by atoms with Crippen LogP contribution in [-0.2, 0) is 14.4 Å². The van der Waals surface area contributed by atoms with Crippen LogP contribution < -0.4 is 20.3 Å². The van der Waals surface area contributed by atoms with E-state index in [1.165, 1.54) is 0 Å². The van der Waals surface area contributed by atoms with Crippen molar-refractivity contribution in [3.63, 3.8) is 0 Å². The van der Waals surface area contributed by atoms with Crippen molar-refractivity contribution in [2.24, 2.45) is 0 Å². The van der Waals surface area contributed by atoms with Gasteiger partial charge in [0, 0.05) is 50.6 Å². The molecule has 36 heavy (non-hydrogen) atoms. The molecule has 2 saturated heterocycles. The topological polar surface area (TPSA) is 94.2 Å².